The van der Waals surface area contributed by atoms with Crippen molar-refractivity contribution in [1.82, 2.24) is 5.32 Å². The lowest BCUT2D eigenvalue weighted by atomic mass is 9.69. The maximum atomic E-state index is 11.7. The van der Waals surface area contributed by atoms with Crippen molar-refractivity contribution in [2.75, 3.05) is 23.8 Å². The lowest BCUT2D eigenvalue weighted by molar-refractivity contribution is -0.154. The van der Waals surface area contributed by atoms with E-state index in [0.29, 0.717) is 19.3 Å². The van der Waals surface area contributed by atoms with Gasteiger partial charge in [0, 0.05) is 11.8 Å². The third-order valence-electron chi connectivity index (χ3n) is 4.03. The average Bonchev–Trinajstić information content (AvgIpc) is 2.64. The van der Waals surface area contributed by atoms with Crippen LogP contribution in [-0.2, 0) is 19.4 Å². The molecule has 1 saturated heterocycles. The number of carbonyl (C=O) groups excluding carboxylic acids is 1. The summed E-state index contributed by atoms with van der Waals surface area (Å²) in [7, 11) is -2.92. The van der Waals surface area contributed by atoms with Crippen LogP contribution in [0.25, 0.3) is 0 Å². The van der Waals surface area contributed by atoms with Crippen molar-refractivity contribution in [1.29, 1.82) is 0 Å². The molecular weight excluding hydrogens is 302 g/mol. The van der Waals surface area contributed by atoms with Gasteiger partial charge in [0.25, 0.3) is 0 Å². The molecule has 114 valence electrons. The van der Waals surface area contributed by atoms with Gasteiger partial charge < -0.3 is 10.4 Å². The minimum absolute atomic E-state index is 0.0112. The van der Waals surface area contributed by atoms with Crippen LogP contribution >= 0.6 is 11.8 Å². The maximum Gasteiger partial charge on any atom is 0.311 e. The number of carboxylic acid groups (broad SMARTS) is 1. The molecule has 1 aliphatic heterocycles. The molecule has 1 unspecified atom stereocenters. The summed E-state index contributed by atoms with van der Waals surface area (Å²) < 4.78 is 22.6. The average molecular weight is 321 g/mol. The van der Waals surface area contributed by atoms with E-state index >= 15 is 0 Å². The molecule has 1 saturated carbocycles. The monoisotopic (exact) mass is 321 g/mol. The van der Waals surface area contributed by atoms with E-state index in [-0.39, 0.29) is 35.0 Å². The lowest BCUT2D eigenvalue weighted by Gasteiger charge is -2.37. The van der Waals surface area contributed by atoms with Gasteiger partial charge in [0.1, 0.15) is 0 Å². The number of rotatable bonds is 6. The van der Waals surface area contributed by atoms with Crippen molar-refractivity contribution in [3.05, 3.63) is 0 Å². The number of thioether (sulfide) groups is 1. The molecule has 0 bridgehead atoms. The molecule has 2 fully saturated rings. The number of aliphatic carboxylic acids is 1. The normalized spacial score (nSPS) is 26.7. The van der Waals surface area contributed by atoms with Crippen LogP contribution in [0.3, 0.4) is 0 Å². The standard InChI is InChI=1S/C12H19NO5S2/c14-10(6-19-9-2-5-20(17,18)7-9)13-8-12(11(15)16)3-1-4-12/h9H,1-8H2,(H,13,14)(H,15,16). The van der Waals surface area contributed by atoms with Gasteiger partial charge in [-0.2, -0.15) is 0 Å². The first-order valence-corrected chi connectivity index (χ1v) is 9.52. The molecule has 0 aromatic heterocycles. The molecule has 2 aliphatic rings. The van der Waals surface area contributed by atoms with E-state index in [9.17, 15) is 18.0 Å². The molecule has 0 spiro atoms. The summed E-state index contributed by atoms with van der Waals surface area (Å²) in [5, 5.41) is 11.8. The lowest BCUT2D eigenvalue weighted by Crippen LogP contribution is -2.48. The van der Waals surface area contributed by atoms with Crippen LogP contribution in [0.1, 0.15) is 25.7 Å². The summed E-state index contributed by atoms with van der Waals surface area (Å²) in [5.41, 5.74) is -0.781. The first-order valence-electron chi connectivity index (χ1n) is 6.65. The Labute approximate surface area is 122 Å². The Hall–Kier alpha value is -0.760. The number of hydrogen-bond donors (Lipinski definition) is 2. The summed E-state index contributed by atoms with van der Waals surface area (Å²) in [6.45, 7) is 0.171. The van der Waals surface area contributed by atoms with Crippen molar-refractivity contribution < 1.29 is 23.1 Å². The van der Waals surface area contributed by atoms with Crippen LogP contribution in [0.5, 0.6) is 0 Å². The van der Waals surface area contributed by atoms with Crippen molar-refractivity contribution in [3.8, 4) is 0 Å². The van der Waals surface area contributed by atoms with Gasteiger partial charge in [0.15, 0.2) is 9.84 Å². The van der Waals surface area contributed by atoms with E-state index in [0.717, 1.165) is 6.42 Å². The number of sulfone groups is 1. The summed E-state index contributed by atoms with van der Waals surface area (Å²) in [6, 6.07) is 0. The minimum atomic E-state index is -2.92. The first-order chi connectivity index (χ1) is 9.33. The number of hydrogen-bond acceptors (Lipinski definition) is 5. The van der Waals surface area contributed by atoms with Gasteiger partial charge in [0.05, 0.1) is 22.7 Å². The number of carboxylic acids is 1. The predicted molar refractivity (Wildman–Crippen MR) is 76.4 cm³/mol. The summed E-state index contributed by atoms with van der Waals surface area (Å²) in [6.07, 6.45) is 2.70. The molecule has 20 heavy (non-hydrogen) atoms. The third-order valence-corrected chi connectivity index (χ3v) is 7.31. The summed E-state index contributed by atoms with van der Waals surface area (Å²) in [4.78, 5) is 22.8. The van der Waals surface area contributed by atoms with Crippen LogP contribution < -0.4 is 5.32 Å². The van der Waals surface area contributed by atoms with Crippen LogP contribution in [0.2, 0.25) is 0 Å². The van der Waals surface area contributed by atoms with Crippen molar-refractivity contribution >= 4 is 33.5 Å². The highest BCUT2D eigenvalue weighted by molar-refractivity contribution is 8.02. The van der Waals surface area contributed by atoms with Gasteiger partial charge in [-0.15, -0.1) is 11.8 Å². The van der Waals surface area contributed by atoms with Crippen LogP contribution in [0.15, 0.2) is 0 Å². The molecule has 1 amide bonds. The quantitative estimate of drug-likeness (QED) is 0.729. The van der Waals surface area contributed by atoms with E-state index in [1.165, 1.54) is 11.8 Å². The van der Waals surface area contributed by atoms with Gasteiger partial charge in [-0.05, 0) is 19.3 Å². The first kappa shape index (κ1) is 15.6. The second-order valence-corrected chi connectivity index (χ2v) is 9.07. The van der Waals surface area contributed by atoms with E-state index < -0.39 is 21.2 Å². The second kappa shape index (κ2) is 5.93. The van der Waals surface area contributed by atoms with Crippen LogP contribution in [0.4, 0.5) is 0 Å². The fourth-order valence-corrected chi connectivity index (χ4v) is 5.95. The zero-order valence-corrected chi connectivity index (χ0v) is 12.8. The highest BCUT2D eigenvalue weighted by atomic mass is 32.2. The van der Waals surface area contributed by atoms with Crippen molar-refractivity contribution in [2.24, 2.45) is 5.41 Å². The van der Waals surface area contributed by atoms with Crippen LogP contribution in [0, 0.1) is 5.41 Å². The molecule has 2 rings (SSSR count). The Morgan fingerprint density at radius 1 is 1.35 bits per heavy atom. The second-order valence-electron chi connectivity index (χ2n) is 5.55. The van der Waals surface area contributed by atoms with Crippen LogP contribution in [-0.4, -0.2) is 54.5 Å². The topological polar surface area (TPSA) is 101 Å². The summed E-state index contributed by atoms with van der Waals surface area (Å²) >= 11 is 1.34. The van der Waals surface area contributed by atoms with E-state index in [4.69, 9.17) is 5.11 Å². The van der Waals surface area contributed by atoms with E-state index in [1.54, 1.807) is 0 Å². The fourth-order valence-electron chi connectivity index (χ4n) is 2.47. The highest BCUT2D eigenvalue weighted by Crippen LogP contribution is 2.40. The van der Waals surface area contributed by atoms with Gasteiger partial charge in [0.2, 0.25) is 5.91 Å². The number of nitrogens with one attached hydrogen (secondary N) is 1. The molecule has 6 nitrogen and oxygen atoms in total. The summed E-state index contributed by atoms with van der Waals surface area (Å²) in [5.74, 6) is -0.528. The Morgan fingerprint density at radius 3 is 2.50 bits per heavy atom. The smallest absolute Gasteiger partial charge is 0.311 e. The third kappa shape index (κ3) is 3.66. The molecule has 1 atom stereocenters. The van der Waals surface area contributed by atoms with E-state index in [1.807, 2.05) is 0 Å². The molecule has 8 heteroatoms. The molecule has 0 aromatic rings. The number of carbonyl (C=O) groups is 2. The molecular formula is C12H19NO5S2. The fraction of sp³-hybridized carbons (Fsp3) is 0.833. The zero-order valence-electron chi connectivity index (χ0n) is 11.1. The van der Waals surface area contributed by atoms with Crippen molar-refractivity contribution in [2.45, 2.75) is 30.9 Å². The predicted octanol–water partition coefficient (Wildman–Crippen LogP) is 0.278. The number of amides is 1. The van der Waals surface area contributed by atoms with Gasteiger partial charge >= 0.3 is 5.97 Å². The molecule has 0 aromatic carbocycles. The maximum absolute atomic E-state index is 11.7. The highest BCUT2D eigenvalue weighted by Gasteiger charge is 2.44. The molecule has 0 radical (unpaired) electrons. The molecule has 1 heterocycles. The SMILES string of the molecule is O=C(CSC1CCS(=O)(=O)C1)NCC1(C(=O)O)CCC1. The molecule has 1 aliphatic carbocycles. The zero-order chi connectivity index (χ0) is 14.8. The largest absolute Gasteiger partial charge is 0.481 e. The molecule has 2 N–H and O–H groups in total. The van der Waals surface area contributed by atoms with E-state index in [2.05, 4.69) is 5.32 Å². The van der Waals surface area contributed by atoms with Gasteiger partial charge in [-0.25, -0.2) is 8.42 Å². The Balaban J connectivity index is 1.70. The van der Waals surface area contributed by atoms with Gasteiger partial charge in [-0.3, -0.25) is 9.59 Å². The van der Waals surface area contributed by atoms with Crippen molar-refractivity contribution in [3.63, 3.8) is 0 Å². The Kier molecular flexibility index (Phi) is 4.63. The Morgan fingerprint density at radius 2 is 2.05 bits per heavy atom. The minimum Gasteiger partial charge on any atom is -0.481 e. The Bertz CT molecular complexity index is 498. The van der Waals surface area contributed by atoms with Gasteiger partial charge in [-0.1, -0.05) is 6.42 Å².